The summed E-state index contributed by atoms with van der Waals surface area (Å²) in [6.07, 6.45) is 2.48. The van der Waals surface area contributed by atoms with E-state index >= 15 is 0 Å². The summed E-state index contributed by atoms with van der Waals surface area (Å²) in [5, 5.41) is 2.35. The highest BCUT2D eigenvalue weighted by Crippen LogP contribution is 1.94. The Hall–Kier alpha value is -1.22. The number of unbranched alkanes of at least 4 members (excludes halogenated alkanes) is 1. The monoisotopic (exact) mass is 174 g/mol. The number of nitrogens with one attached hydrogen (secondary N) is 1. The van der Waals surface area contributed by atoms with E-state index in [0.717, 1.165) is 0 Å². The molecule has 0 aliphatic rings. The minimum absolute atomic E-state index is 0.0437. The minimum Gasteiger partial charge on any atom is -0.336 e. The molecule has 0 saturated carbocycles. The molecule has 0 bridgehead atoms. The summed E-state index contributed by atoms with van der Waals surface area (Å²) < 4.78 is 11.5. The maximum absolute atomic E-state index is 11.5. The Morgan fingerprint density at radius 3 is 2.83 bits per heavy atom. The van der Waals surface area contributed by atoms with E-state index in [1.165, 1.54) is 6.08 Å². The number of hydrogen-bond donors (Lipinski definition) is 1. The molecular formula is C7H11FN2O2. The van der Waals surface area contributed by atoms with Crippen molar-refractivity contribution in [2.45, 2.75) is 19.3 Å². The molecule has 0 fully saturated rings. The fourth-order valence-electron chi connectivity index (χ4n) is 0.628. The van der Waals surface area contributed by atoms with E-state index in [-0.39, 0.29) is 19.0 Å². The van der Waals surface area contributed by atoms with Gasteiger partial charge in [0, 0.05) is 6.42 Å². The predicted octanol–water partition coefficient (Wildman–Crippen LogP) is 0.536. The molecule has 1 amide bonds. The third-order valence-corrected chi connectivity index (χ3v) is 1.21. The molecule has 68 valence electrons. The number of nitrogens with zero attached hydrogens (tertiary/aromatic N) is 1. The van der Waals surface area contributed by atoms with Crippen LogP contribution >= 0.6 is 0 Å². The molecule has 0 rings (SSSR count). The number of halogens is 1. The second-order valence-corrected chi connectivity index (χ2v) is 2.15. The molecular weight excluding hydrogens is 163 g/mol. The van der Waals surface area contributed by atoms with Crippen molar-refractivity contribution in [2.24, 2.45) is 4.99 Å². The average molecular weight is 174 g/mol. The number of isocyanates is 1. The first kappa shape index (κ1) is 10.8. The first-order chi connectivity index (χ1) is 5.81. The van der Waals surface area contributed by atoms with Crippen LogP contribution in [0.15, 0.2) is 4.99 Å². The molecule has 0 atom stereocenters. The van der Waals surface area contributed by atoms with Crippen molar-refractivity contribution in [1.29, 1.82) is 0 Å². The number of carbonyl (C=O) groups is 1. The normalized spacial score (nSPS) is 8.75. The van der Waals surface area contributed by atoms with Crippen LogP contribution in [-0.4, -0.2) is 25.3 Å². The van der Waals surface area contributed by atoms with Gasteiger partial charge < -0.3 is 5.32 Å². The molecule has 4 nitrogen and oxygen atoms in total. The van der Waals surface area contributed by atoms with Crippen molar-refractivity contribution in [2.75, 3.05) is 13.3 Å². The highest BCUT2D eigenvalue weighted by molar-refractivity contribution is 5.75. The maximum atomic E-state index is 11.5. The Balaban J connectivity index is 3.27. The van der Waals surface area contributed by atoms with Crippen LogP contribution in [0.4, 0.5) is 4.39 Å². The smallest absolute Gasteiger partial charge is 0.236 e. The lowest BCUT2D eigenvalue weighted by Gasteiger charge is -1.98. The summed E-state index contributed by atoms with van der Waals surface area (Å²) in [7, 11) is 0. The Bertz CT molecular complexity index is 178. The Morgan fingerprint density at radius 2 is 2.25 bits per heavy atom. The molecule has 0 saturated heterocycles. The summed E-state index contributed by atoms with van der Waals surface area (Å²) in [4.78, 5) is 23.5. The zero-order valence-electron chi connectivity index (χ0n) is 6.68. The molecule has 0 aromatic rings. The third-order valence-electron chi connectivity index (χ3n) is 1.21. The lowest BCUT2D eigenvalue weighted by atomic mass is 10.2. The van der Waals surface area contributed by atoms with Gasteiger partial charge in [0.15, 0.2) is 0 Å². The molecule has 0 aromatic heterocycles. The summed E-state index contributed by atoms with van der Waals surface area (Å²) in [5.74, 6) is -0.220. The standard InChI is InChI=1S/C7H11FN2O2/c8-4-2-1-3-7(12)10-5-9-6-11/h1-5H2,(H,10,12). The zero-order chi connectivity index (χ0) is 9.23. The summed E-state index contributed by atoms with van der Waals surface area (Å²) >= 11 is 0. The molecule has 0 aromatic carbocycles. The molecule has 0 aliphatic heterocycles. The van der Waals surface area contributed by atoms with E-state index in [1.54, 1.807) is 0 Å². The first-order valence-electron chi connectivity index (χ1n) is 3.67. The molecule has 1 N–H and O–H groups in total. The van der Waals surface area contributed by atoms with Crippen LogP contribution in [0.3, 0.4) is 0 Å². The number of aliphatic imine (C=N–C) groups is 1. The second-order valence-electron chi connectivity index (χ2n) is 2.15. The summed E-state index contributed by atoms with van der Waals surface area (Å²) in [6.45, 7) is -0.447. The van der Waals surface area contributed by atoms with Gasteiger partial charge in [-0.25, -0.2) is 4.79 Å². The number of carbonyl (C=O) groups excluding carboxylic acids is 2. The maximum Gasteiger partial charge on any atom is 0.236 e. The predicted molar refractivity (Wildman–Crippen MR) is 41.0 cm³/mol. The second kappa shape index (κ2) is 7.88. The van der Waals surface area contributed by atoms with Crippen LogP contribution in [0.25, 0.3) is 0 Å². The van der Waals surface area contributed by atoms with Crippen LogP contribution in [0.2, 0.25) is 0 Å². The summed E-state index contributed by atoms with van der Waals surface area (Å²) in [5.41, 5.74) is 0. The van der Waals surface area contributed by atoms with Gasteiger partial charge in [-0.05, 0) is 12.8 Å². The number of hydrogen-bond acceptors (Lipinski definition) is 3. The quantitative estimate of drug-likeness (QED) is 0.363. The van der Waals surface area contributed by atoms with E-state index in [0.29, 0.717) is 12.8 Å². The minimum atomic E-state index is -0.403. The Labute approximate surface area is 69.9 Å². The highest BCUT2D eigenvalue weighted by Gasteiger charge is 1.98. The van der Waals surface area contributed by atoms with Gasteiger partial charge in [0.25, 0.3) is 0 Å². The van der Waals surface area contributed by atoms with Crippen molar-refractivity contribution >= 4 is 12.0 Å². The number of amides is 1. The Morgan fingerprint density at radius 1 is 1.50 bits per heavy atom. The van der Waals surface area contributed by atoms with E-state index in [2.05, 4.69) is 10.3 Å². The van der Waals surface area contributed by atoms with Crippen LogP contribution in [0.5, 0.6) is 0 Å². The fraction of sp³-hybridized carbons (Fsp3) is 0.714. The van der Waals surface area contributed by atoms with E-state index in [4.69, 9.17) is 0 Å². The number of rotatable bonds is 6. The number of alkyl halides is 1. The zero-order valence-corrected chi connectivity index (χ0v) is 6.68. The molecule has 0 spiro atoms. The van der Waals surface area contributed by atoms with Crippen molar-refractivity contribution in [3.63, 3.8) is 0 Å². The van der Waals surface area contributed by atoms with Crippen LogP contribution in [-0.2, 0) is 9.59 Å². The lowest BCUT2D eigenvalue weighted by Crippen LogP contribution is -2.22. The molecule has 5 heteroatoms. The molecule has 0 radical (unpaired) electrons. The van der Waals surface area contributed by atoms with Gasteiger partial charge in [0.05, 0.1) is 6.67 Å². The SMILES string of the molecule is O=C=NCNC(=O)CCCCF. The van der Waals surface area contributed by atoms with E-state index < -0.39 is 6.67 Å². The molecule has 0 aliphatic carbocycles. The topological polar surface area (TPSA) is 58.5 Å². The van der Waals surface area contributed by atoms with Gasteiger partial charge in [-0.3, -0.25) is 9.18 Å². The van der Waals surface area contributed by atoms with Crippen molar-refractivity contribution in [1.82, 2.24) is 5.32 Å². The third kappa shape index (κ3) is 6.89. The fourth-order valence-corrected chi connectivity index (χ4v) is 0.628. The Kier molecular flexibility index (Phi) is 7.08. The first-order valence-corrected chi connectivity index (χ1v) is 3.67. The van der Waals surface area contributed by atoms with E-state index in [9.17, 15) is 14.0 Å². The van der Waals surface area contributed by atoms with Gasteiger partial charge in [-0.2, -0.15) is 4.99 Å². The van der Waals surface area contributed by atoms with Crippen molar-refractivity contribution in [3.05, 3.63) is 0 Å². The van der Waals surface area contributed by atoms with E-state index in [1.807, 2.05) is 0 Å². The van der Waals surface area contributed by atoms with Crippen molar-refractivity contribution < 1.29 is 14.0 Å². The van der Waals surface area contributed by atoms with Gasteiger partial charge >= 0.3 is 0 Å². The van der Waals surface area contributed by atoms with Gasteiger partial charge in [0.2, 0.25) is 12.0 Å². The molecule has 0 unspecified atom stereocenters. The highest BCUT2D eigenvalue weighted by atomic mass is 19.1. The van der Waals surface area contributed by atoms with Crippen LogP contribution in [0, 0.1) is 0 Å². The van der Waals surface area contributed by atoms with Gasteiger partial charge in [-0.1, -0.05) is 0 Å². The van der Waals surface area contributed by atoms with Gasteiger partial charge in [0.1, 0.15) is 6.67 Å². The lowest BCUT2D eigenvalue weighted by molar-refractivity contribution is -0.121. The summed E-state index contributed by atoms with van der Waals surface area (Å²) in [6, 6.07) is 0. The van der Waals surface area contributed by atoms with Crippen LogP contribution < -0.4 is 5.32 Å². The van der Waals surface area contributed by atoms with Crippen molar-refractivity contribution in [3.8, 4) is 0 Å². The van der Waals surface area contributed by atoms with Gasteiger partial charge in [-0.15, -0.1) is 0 Å². The molecule has 12 heavy (non-hydrogen) atoms. The average Bonchev–Trinajstić information content (AvgIpc) is 2.06. The molecule has 0 heterocycles. The largest absolute Gasteiger partial charge is 0.336 e. The van der Waals surface area contributed by atoms with Crippen LogP contribution in [0.1, 0.15) is 19.3 Å².